The highest BCUT2D eigenvalue weighted by Gasteiger charge is 2.22. The molecule has 0 atom stereocenters. The quantitative estimate of drug-likeness (QED) is 0.188. The fraction of sp³-hybridized carbons (Fsp3) is 0. The summed E-state index contributed by atoms with van der Waals surface area (Å²) in [6, 6.07) is 30.3. The van der Waals surface area contributed by atoms with Crippen LogP contribution in [0.25, 0.3) is 88.0 Å². The van der Waals surface area contributed by atoms with Gasteiger partial charge in [0, 0.05) is 10.8 Å². The molecule has 9 aromatic rings. The molecule has 1 heterocycles. The Hall–Kier alpha value is -5.92. The van der Waals surface area contributed by atoms with Gasteiger partial charge in [0.25, 0.3) is 0 Å². The highest BCUT2D eigenvalue weighted by Crippen LogP contribution is 2.49. The Bertz CT molecular complexity index is 3010. The number of fused-ring (bicyclic) bond motifs is 5. The normalized spacial score (nSPS) is 14.7. The van der Waals surface area contributed by atoms with Gasteiger partial charge in [0.1, 0.15) is 11.2 Å². The highest BCUT2D eigenvalue weighted by molar-refractivity contribution is 6.26. The van der Waals surface area contributed by atoms with Crippen LogP contribution in [-0.2, 0) is 0 Å². The maximum atomic E-state index is 9.34. The Kier molecular flexibility index (Phi) is 4.01. The van der Waals surface area contributed by atoms with Crippen LogP contribution in [0, 0.1) is 0 Å². The number of para-hydroxylation sites is 1. The van der Waals surface area contributed by atoms with E-state index >= 15 is 0 Å². The summed E-state index contributed by atoms with van der Waals surface area (Å²) in [6.07, 6.45) is 0. The summed E-state index contributed by atoms with van der Waals surface area (Å²) >= 11 is 0. The van der Waals surface area contributed by atoms with Crippen LogP contribution in [0.4, 0.5) is 0 Å². The molecule has 0 aliphatic heterocycles. The van der Waals surface area contributed by atoms with Crippen LogP contribution < -0.4 is 0 Å². The van der Waals surface area contributed by atoms with E-state index in [0.717, 1.165) is 27.1 Å². The first-order valence-corrected chi connectivity index (χ1v) is 14.6. The van der Waals surface area contributed by atoms with Crippen molar-refractivity contribution in [1.29, 1.82) is 0 Å². The van der Waals surface area contributed by atoms with Crippen LogP contribution >= 0.6 is 0 Å². The minimum absolute atomic E-state index is 0.0449. The van der Waals surface area contributed by atoms with Crippen LogP contribution in [0.2, 0.25) is 0 Å². The van der Waals surface area contributed by atoms with E-state index in [1.165, 1.54) is 0 Å². The Morgan fingerprint density at radius 2 is 0.933 bits per heavy atom. The maximum absolute atomic E-state index is 9.34. The molecule has 0 saturated carbocycles. The first kappa shape index (κ1) is 17.4. The topological polar surface area (TPSA) is 13.1 Å². The summed E-state index contributed by atoms with van der Waals surface area (Å²) < 4.78 is 93.2. The average Bonchev–Trinajstić information content (AvgIpc) is 3.58. The van der Waals surface area contributed by atoms with Crippen molar-refractivity contribution in [2.45, 2.75) is 0 Å². The minimum atomic E-state index is -0.481. The lowest BCUT2D eigenvalue weighted by atomic mass is 9.82. The van der Waals surface area contributed by atoms with Crippen LogP contribution in [0.5, 0.6) is 0 Å². The van der Waals surface area contributed by atoms with Crippen molar-refractivity contribution in [2.75, 3.05) is 0 Å². The predicted octanol–water partition coefficient (Wildman–Crippen LogP) is 12.6. The molecule has 0 unspecified atom stereocenters. The first-order valence-electron chi connectivity index (χ1n) is 19.6. The van der Waals surface area contributed by atoms with E-state index < -0.39 is 18.1 Å². The van der Waals surface area contributed by atoms with Gasteiger partial charge < -0.3 is 4.42 Å². The molecule has 1 nitrogen and oxygen atoms in total. The lowest BCUT2D eigenvalue weighted by Gasteiger charge is -2.20. The molecule has 9 rings (SSSR count). The van der Waals surface area contributed by atoms with E-state index in [-0.39, 0.29) is 47.9 Å². The van der Waals surface area contributed by atoms with Gasteiger partial charge in [0.2, 0.25) is 0 Å². The number of furan rings is 1. The molecule has 1 heteroatoms. The van der Waals surface area contributed by atoms with Crippen LogP contribution in [0.3, 0.4) is 0 Å². The third-order valence-electron chi connectivity index (χ3n) is 8.41. The Labute approximate surface area is 275 Å². The third-order valence-corrected chi connectivity index (χ3v) is 8.41. The van der Waals surface area contributed by atoms with Crippen molar-refractivity contribution in [3.05, 3.63) is 170 Å². The fourth-order valence-electron chi connectivity index (χ4n) is 6.55. The molecule has 0 bridgehead atoms. The molecular weight excluding hydrogens is 544 g/mol. The van der Waals surface area contributed by atoms with Gasteiger partial charge in [-0.3, -0.25) is 0 Å². The van der Waals surface area contributed by atoms with Crippen molar-refractivity contribution >= 4 is 43.5 Å². The summed E-state index contributed by atoms with van der Waals surface area (Å²) in [5.74, 6) is 0. The fourth-order valence-corrected chi connectivity index (χ4v) is 6.55. The van der Waals surface area contributed by atoms with Gasteiger partial charge in [-0.15, -0.1) is 0 Å². The zero-order chi connectivity index (χ0) is 38.4. The lowest BCUT2D eigenvalue weighted by Crippen LogP contribution is -1.93. The molecule has 0 aliphatic rings. The van der Waals surface area contributed by atoms with Gasteiger partial charge in [0.15, 0.2) is 0 Å². The average molecular weight is 583 g/mol. The molecule has 0 fully saturated rings. The first-order chi connectivity index (χ1) is 26.5. The molecule has 0 amide bonds. The molecule has 0 N–H and O–H groups in total. The molecule has 8 aromatic carbocycles. The summed E-state index contributed by atoms with van der Waals surface area (Å²) in [5.41, 5.74) is 4.80. The zero-order valence-corrected chi connectivity index (χ0v) is 23.8. The Balaban J connectivity index is 1.48. The third kappa shape index (κ3) is 4.09. The Morgan fingerprint density at radius 3 is 1.60 bits per heavy atom. The zero-order valence-electron chi connectivity index (χ0n) is 33.8. The standard InChI is InChI=1S/C44H28O/c1-3-15-29(16-4-1)31-27-39(44-38-25-13-14-26-40(38)45-41(44)28-31)43-36-23-11-9-21-34(36)42(35-22-10-12-24-37(35)43)33-20-8-7-19-32(33)30-17-5-2-6-18-30/h1-28H/i1D,2D,3D,4D,7D,8D,15D,16D,19D,20D. The Morgan fingerprint density at radius 1 is 0.378 bits per heavy atom. The van der Waals surface area contributed by atoms with Crippen molar-refractivity contribution in [2.24, 2.45) is 0 Å². The van der Waals surface area contributed by atoms with Gasteiger partial charge in [-0.2, -0.15) is 0 Å². The van der Waals surface area contributed by atoms with Gasteiger partial charge in [0.05, 0.1) is 13.7 Å². The smallest absolute Gasteiger partial charge is 0.136 e. The minimum Gasteiger partial charge on any atom is -0.456 e. The summed E-state index contributed by atoms with van der Waals surface area (Å²) in [4.78, 5) is 0. The second-order valence-electron chi connectivity index (χ2n) is 10.9. The van der Waals surface area contributed by atoms with Crippen molar-refractivity contribution in [1.82, 2.24) is 0 Å². The van der Waals surface area contributed by atoms with E-state index in [9.17, 15) is 1.37 Å². The van der Waals surface area contributed by atoms with Gasteiger partial charge in [-0.05, 0) is 84.3 Å². The van der Waals surface area contributed by atoms with Gasteiger partial charge >= 0.3 is 0 Å². The van der Waals surface area contributed by atoms with Crippen molar-refractivity contribution in [3.63, 3.8) is 0 Å². The SMILES string of the molecule is [2H]c1ccc(-c2c([2H])c([2H])c([2H])c([2H])c2-c2c3ccccc3c(-c3cc(-c4c([2H])c([2H])c([2H])c([2H])c4[2H])cc4oc5ccccc5c34)c3ccccc23)cc1. The molecule has 0 spiro atoms. The molecule has 0 saturated heterocycles. The van der Waals surface area contributed by atoms with E-state index in [1.807, 2.05) is 78.9 Å². The number of hydrogen-bond acceptors (Lipinski definition) is 1. The lowest BCUT2D eigenvalue weighted by molar-refractivity contribution is 0.669. The maximum Gasteiger partial charge on any atom is 0.136 e. The largest absolute Gasteiger partial charge is 0.456 e. The van der Waals surface area contributed by atoms with E-state index in [0.29, 0.717) is 55.3 Å². The predicted molar refractivity (Wildman–Crippen MR) is 190 cm³/mol. The number of rotatable bonds is 4. The van der Waals surface area contributed by atoms with E-state index in [1.54, 1.807) is 30.3 Å². The molecule has 1 aromatic heterocycles. The summed E-state index contributed by atoms with van der Waals surface area (Å²) in [7, 11) is 0. The highest BCUT2D eigenvalue weighted by atomic mass is 16.3. The van der Waals surface area contributed by atoms with E-state index in [2.05, 4.69) is 0 Å². The second kappa shape index (κ2) is 10.4. The van der Waals surface area contributed by atoms with Crippen LogP contribution in [0.1, 0.15) is 13.7 Å². The molecule has 45 heavy (non-hydrogen) atoms. The summed E-state index contributed by atoms with van der Waals surface area (Å²) in [5, 5.41) is 4.56. The van der Waals surface area contributed by atoms with Crippen molar-refractivity contribution in [3.8, 4) is 44.5 Å². The number of benzene rings is 8. The molecule has 0 radical (unpaired) electrons. The van der Waals surface area contributed by atoms with Gasteiger partial charge in [-0.1, -0.05) is 151 Å². The molecule has 0 aliphatic carbocycles. The number of hydrogen-bond donors (Lipinski definition) is 0. The summed E-state index contributed by atoms with van der Waals surface area (Å²) in [6.45, 7) is 0. The van der Waals surface area contributed by atoms with Crippen LogP contribution in [-0.4, -0.2) is 0 Å². The molecular formula is C44H28O. The second-order valence-corrected chi connectivity index (χ2v) is 10.9. The van der Waals surface area contributed by atoms with E-state index in [4.69, 9.17) is 16.8 Å². The monoisotopic (exact) mass is 582 g/mol. The van der Waals surface area contributed by atoms with Crippen molar-refractivity contribution < 1.29 is 18.1 Å². The molecule has 210 valence electrons. The van der Waals surface area contributed by atoms with Crippen LogP contribution in [0.15, 0.2) is 174 Å². The van der Waals surface area contributed by atoms with Gasteiger partial charge in [-0.25, -0.2) is 0 Å².